The van der Waals surface area contributed by atoms with Crippen molar-refractivity contribution < 1.29 is 4.79 Å². The lowest BCUT2D eigenvalue weighted by Gasteiger charge is -2.33. The van der Waals surface area contributed by atoms with Gasteiger partial charge in [-0.1, -0.05) is 29.8 Å². The second-order valence-electron chi connectivity index (χ2n) is 5.54. The summed E-state index contributed by atoms with van der Waals surface area (Å²) in [6.45, 7) is 3.89. The van der Waals surface area contributed by atoms with Crippen molar-refractivity contribution in [3.63, 3.8) is 0 Å². The molecule has 2 aromatic rings. The van der Waals surface area contributed by atoms with E-state index < -0.39 is 0 Å². The molecule has 116 valence electrons. The molecule has 2 heterocycles. The molecule has 0 N–H and O–H groups in total. The number of thiazole rings is 1. The quantitative estimate of drug-likeness (QED) is 0.780. The topological polar surface area (TPSA) is 33.2 Å². The van der Waals surface area contributed by atoms with Gasteiger partial charge in [0.05, 0.1) is 6.04 Å². The first-order chi connectivity index (χ1) is 10.7. The van der Waals surface area contributed by atoms with Crippen LogP contribution in [0.5, 0.6) is 0 Å². The summed E-state index contributed by atoms with van der Waals surface area (Å²) in [6, 6.07) is 8.24. The largest absolute Gasteiger partial charge is 0.294 e. The zero-order valence-electron chi connectivity index (χ0n) is 12.7. The van der Waals surface area contributed by atoms with Gasteiger partial charge in [0.25, 0.3) is 0 Å². The van der Waals surface area contributed by atoms with E-state index in [9.17, 15) is 4.79 Å². The summed E-state index contributed by atoms with van der Waals surface area (Å²) in [7, 11) is 0. The van der Waals surface area contributed by atoms with Crippen molar-refractivity contribution >= 4 is 28.9 Å². The SMILES string of the molecule is Cc1ccc(C(=O)CCN2CCSC[C@H]2c2nccs2)cc1. The molecular weight excluding hydrogens is 312 g/mol. The maximum atomic E-state index is 12.3. The van der Waals surface area contributed by atoms with Crippen LogP contribution in [0.25, 0.3) is 0 Å². The predicted octanol–water partition coefficient (Wildman–Crippen LogP) is 3.81. The van der Waals surface area contributed by atoms with Crippen LogP contribution < -0.4 is 0 Å². The predicted molar refractivity (Wildman–Crippen MR) is 93.9 cm³/mol. The smallest absolute Gasteiger partial charge is 0.164 e. The fourth-order valence-corrected chi connectivity index (χ4v) is 4.66. The third-order valence-electron chi connectivity index (χ3n) is 3.98. The third-order valence-corrected chi connectivity index (χ3v) is 5.87. The van der Waals surface area contributed by atoms with E-state index in [1.165, 1.54) is 10.6 Å². The Balaban J connectivity index is 1.61. The molecule has 0 spiro atoms. The zero-order chi connectivity index (χ0) is 15.4. The Kier molecular flexibility index (Phi) is 5.28. The summed E-state index contributed by atoms with van der Waals surface area (Å²) in [6.07, 6.45) is 2.45. The highest BCUT2D eigenvalue weighted by Crippen LogP contribution is 2.30. The van der Waals surface area contributed by atoms with Gasteiger partial charge in [0.15, 0.2) is 5.78 Å². The van der Waals surface area contributed by atoms with Gasteiger partial charge >= 0.3 is 0 Å². The number of hydrogen-bond acceptors (Lipinski definition) is 5. The van der Waals surface area contributed by atoms with Crippen LogP contribution in [0.4, 0.5) is 0 Å². The molecule has 1 fully saturated rings. The summed E-state index contributed by atoms with van der Waals surface area (Å²) in [5.74, 6) is 2.45. The van der Waals surface area contributed by atoms with Crippen molar-refractivity contribution in [3.8, 4) is 0 Å². The lowest BCUT2D eigenvalue weighted by atomic mass is 10.1. The van der Waals surface area contributed by atoms with E-state index in [2.05, 4.69) is 9.88 Å². The summed E-state index contributed by atoms with van der Waals surface area (Å²) in [5, 5.41) is 3.21. The summed E-state index contributed by atoms with van der Waals surface area (Å²) < 4.78 is 0. The lowest BCUT2D eigenvalue weighted by molar-refractivity contribution is 0.0954. The summed E-state index contributed by atoms with van der Waals surface area (Å²) >= 11 is 3.69. The van der Waals surface area contributed by atoms with Crippen LogP contribution in [0, 0.1) is 6.92 Å². The van der Waals surface area contributed by atoms with Crippen molar-refractivity contribution in [1.82, 2.24) is 9.88 Å². The first kappa shape index (κ1) is 15.7. The number of aromatic nitrogens is 1. The molecule has 3 rings (SSSR count). The second kappa shape index (κ2) is 7.40. The minimum Gasteiger partial charge on any atom is -0.294 e. The van der Waals surface area contributed by atoms with Crippen molar-refractivity contribution in [1.29, 1.82) is 0 Å². The average Bonchev–Trinajstić information content (AvgIpc) is 3.08. The molecular formula is C17H20N2OS2. The van der Waals surface area contributed by atoms with Crippen molar-refractivity contribution in [2.75, 3.05) is 24.6 Å². The molecule has 3 nitrogen and oxygen atoms in total. The molecule has 1 aliphatic heterocycles. The fraction of sp³-hybridized carbons (Fsp3) is 0.412. The minimum atomic E-state index is 0.233. The molecule has 0 aliphatic carbocycles. The number of hydrogen-bond donors (Lipinski definition) is 0. The summed E-state index contributed by atoms with van der Waals surface area (Å²) in [4.78, 5) is 19.2. The Morgan fingerprint density at radius 3 is 2.91 bits per heavy atom. The van der Waals surface area contributed by atoms with Crippen molar-refractivity contribution in [2.45, 2.75) is 19.4 Å². The normalized spacial score (nSPS) is 19.2. The second-order valence-corrected chi connectivity index (χ2v) is 7.61. The monoisotopic (exact) mass is 332 g/mol. The van der Waals surface area contributed by atoms with Gasteiger partial charge in [0.2, 0.25) is 0 Å². The van der Waals surface area contributed by atoms with E-state index in [1.807, 2.05) is 54.5 Å². The van der Waals surface area contributed by atoms with E-state index in [-0.39, 0.29) is 5.78 Å². The van der Waals surface area contributed by atoms with E-state index >= 15 is 0 Å². The highest BCUT2D eigenvalue weighted by atomic mass is 32.2. The van der Waals surface area contributed by atoms with Crippen molar-refractivity contribution in [3.05, 3.63) is 52.0 Å². The van der Waals surface area contributed by atoms with Crippen molar-refractivity contribution in [2.24, 2.45) is 0 Å². The Labute approximate surface area is 139 Å². The van der Waals surface area contributed by atoms with Gasteiger partial charge in [-0.05, 0) is 6.92 Å². The standard InChI is InChI=1S/C17H20N2OS2/c1-13-2-4-14(5-3-13)16(20)6-8-19-9-11-21-12-15(19)17-18-7-10-22-17/h2-5,7,10,15H,6,8-9,11-12H2,1H3/t15-/m0/s1. The van der Waals surface area contributed by atoms with Crippen LogP contribution in [-0.4, -0.2) is 40.3 Å². The third kappa shape index (κ3) is 3.77. The molecule has 0 saturated carbocycles. The van der Waals surface area contributed by atoms with Gasteiger partial charge in [-0.2, -0.15) is 11.8 Å². The first-order valence-corrected chi connectivity index (χ1v) is 9.58. The van der Waals surface area contributed by atoms with Crippen LogP contribution >= 0.6 is 23.1 Å². The molecule has 1 aliphatic rings. The number of nitrogens with zero attached hydrogens (tertiary/aromatic N) is 2. The average molecular weight is 332 g/mol. The van der Waals surface area contributed by atoms with Crippen LogP contribution in [0.3, 0.4) is 0 Å². The number of carbonyl (C=O) groups is 1. The van der Waals surface area contributed by atoms with Gasteiger partial charge in [0.1, 0.15) is 5.01 Å². The Bertz CT molecular complexity index is 610. The lowest BCUT2D eigenvalue weighted by Crippen LogP contribution is -2.37. The number of carbonyl (C=O) groups excluding carboxylic acids is 1. The molecule has 0 bridgehead atoms. The Hall–Kier alpha value is -1.17. The highest BCUT2D eigenvalue weighted by molar-refractivity contribution is 7.99. The Morgan fingerprint density at radius 1 is 1.36 bits per heavy atom. The molecule has 1 atom stereocenters. The Morgan fingerprint density at radius 2 is 2.18 bits per heavy atom. The van der Waals surface area contributed by atoms with Gasteiger partial charge in [-0.3, -0.25) is 9.69 Å². The number of rotatable bonds is 5. The van der Waals surface area contributed by atoms with Gasteiger partial charge < -0.3 is 0 Å². The molecule has 1 saturated heterocycles. The maximum Gasteiger partial charge on any atom is 0.164 e. The number of aryl methyl sites for hydroxylation is 1. The molecule has 22 heavy (non-hydrogen) atoms. The van der Waals surface area contributed by atoms with Crippen LogP contribution in [0.15, 0.2) is 35.8 Å². The molecule has 1 aromatic carbocycles. The zero-order valence-corrected chi connectivity index (χ0v) is 14.3. The van der Waals surface area contributed by atoms with E-state index in [1.54, 1.807) is 11.3 Å². The molecule has 5 heteroatoms. The van der Waals surface area contributed by atoms with Gasteiger partial charge in [0, 0.05) is 48.2 Å². The minimum absolute atomic E-state index is 0.233. The highest BCUT2D eigenvalue weighted by Gasteiger charge is 2.26. The maximum absolute atomic E-state index is 12.3. The van der Waals surface area contributed by atoms with E-state index in [4.69, 9.17) is 0 Å². The van der Waals surface area contributed by atoms with E-state index in [0.717, 1.165) is 30.2 Å². The molecule has 0 radical (unpaired) electrons. The molecule has 0 unspecified atom stereocenters. The summed E-state index contributed by atoms with van der Waals surface area (Å²) in [5.41, 5.74) is 2.01. The van der Waals surface area contributed by atoms with E-state index in [0.29, 0.717) is 12.5 Å². The molecule has 0 amide bonds. The number of Topliss-reactive ketones (excluding diaryl/α,β-unsaturated/α-hetero) is 1. The van der Waals surface area contributed by atoms with Crippen LogP contribution in [-0.2, 0) is 0 Å². The number of ketones is 1. The van der Waals surface area contributed by atoms with Crippen LogP contribution in [0.2, 0.25) is 0 Å². The van der Waals surface area contributed by atoms with Gasteiger partial charge in [-0.15, -0.1) is 11.3 Å². The van der Waals surface area contributed by atoms with Crippen LogP contribution in [0.1, 0.15) is 33.4 Å². The number of benzene rings is 1. The van der Waals surface area contributed by atoms with Gasteiger partial charge in [-0.25, -0.2) is 4.98 Å². The first-order valence-electron chi connectivity index (χ1n) is 7.55. The fourth-order valence-electron chi connectivity index (χ4n) is 2.66. The molecule has 1 aromatic heterocycles. The number of thioether (sulfide) groups is 1.